The van der Waals surface area contributed by atoms with E-state index in [4.69, 9.17) is 9.47 Å². The topological polar surface area (TPSA) is 104 Å². The second-order valence-electron chi connectivity index (χ2n) is 7.66. The van der Waals surface area contributed by atoms with Gasteiger partial charge in [0.1, 0.15) is 22.9 Å². The number of methoxy groups -OCH3 is 1. The summed E-state index contributed by atoms with van der Waals surface area (Å²) in [6.45, 7) is 1.96. The van der Waals surface area contributed by atoms with Crippen molar-refractivity contribution >= 4 is 32.3 Å². The Bertz CT molecular complexity index is 1550. The standard InChI is InChI=1S/C26H24N2O6S/c1-3-34-20-12-13-23-22(15-20)26(30)24(35(31,32)21-10-5-4-6-11-21)16-28(23)17-25(29)27-18-8-7-9-19(14-18)33-2/h4-16H,3,17H2,1-2H3,(H,27,29). The summed E-state index contributed by atoms with van der Waals surface area (Å²) in [6.07, 6.45) is 1.22. The van der Waals surface area contributed by atoms with E-state index in [9.17, 15) is 18.0 Å². The van der Waals surface area contributed by atoms with Crippen LogP contribution in [0.3, 0.4) is 0 Å². The zero-order chi connectivity index (χ0) is 25.0. The molecule has 0 radical (unpaired) electrons. The average Bonchev–Trinajstić information content (AvgIpc) is 2.86. The SMILES string of the molecule is CCOc1ccc2c(c1)c(=O)c(S(=O)(=O)c1ccccc1)cn2CC(=O)Nc1cccc(OC)c1. The van der Waals surface area contributed by atoms with Crippen molar-refractivity contribution in [3.05, 3.63) is 89.2 Å². The molecule has 4 rings (SSSR count). The Hall–Kier alpha value is -4.11. The number of aromatic nitrogens is 1. The van der Waals surface area contributed by atoms with Crippen molar-refractivity contribution in [1.82, 2.24) is 4.57 Å². The van der Waals surface area contributed by atoms with Crippen LogP contribution in [0.1, 0.15) is 6.92 Å². The van der Waals surface area contributed by atoms with Gasteiger partial charge in [-0.15, -0.1) is 0 Å². The molecule has 0 aliphatic carbocycles. The molecule has 0 saturated heterocycles. The molecule has 180 valence electrons. The number of anilines is 1. The Morgan fingerprint density at radius 1 is 0.971 bits per heavy atom. The molecule has 0 atom stereocenters. The number of carbonyl (C=O) groups excluding carboxylic acids is 1. The van der Waals surface area contributed by atoms with Gasteiger partial charge in [-0.05, 0) is 49.4 Å². The lowest BCUT2D eigenvalue weighted by atomic mass is 10.2. The van der Waals surface area contributed by atoms with E-state index in [1.807, 2.05) is 6.92 Å². The van der Waals surface area contributed by atoms with E-state index < -0.39 is 26.1 Å². The molecule has 1 amide bonds. The molecule has 0 aliphatic rings. The van der Waals surface area contributed by atoms with Crippen molar-refractivity contribution in [1.29, 1.82) is 0 Å². The van der Waals surface area contributed by atoms with E-state index in [0.29, 0.717) is 29.3 Å². The van der Waals surface area contributed by atoms with Crippen molar-refractivity contribution in [2.75, 3.05) is 19.0 Å². The monoisotopic (exact) mass is 492 g/mol. The number of fused-ring (bicyclic) bond motifs is 1. The minimum atomic E-state index is -4.13. The Morgan fingerprint density at radius 2 is 1.74 bits per heavy atom. The summed E-state index contributed by atoms with van der Waals surface area (Å²) in [5, 5.41) is 2.91. The van der Waals surface area contributed by atoms with E-state index in [1.165, 1.54) is 36.1 Å². The number of hydrogen-bond acceptors (Lipinski definition) is 6. The average molecular weight is 493 g/mol. The fourth-order valence-electron chi connectivity index (χ4n) is 3.71. The van der Waals surface area contributed by atoms with E-state index >= 15 is 0 Å². The highest BCUT2D eigenvalue weighted by Gasteiger charge is 2.24. The molecule has 8 nitrogen and oxygen atoms in total. The second kappa shape index (κ2) is 10.0. The van der Waals surface area contributed by atoms with Crippen LogP contribution >= 0.6 is 0 Å². The van der Waals surface area contributed by atoms with E-state index in [0.717, 1.165) is 0 Å². The molecule has 4 aromatic rings. The van der Waals surface area contributed by atoms with Crippen LogP contribution in [0.4, 0.5) is 5.69 Å². The van der Waals surface area contributed by atoms with E-state index in [1.54, 1.807) is 54.6 Å². The number of nitrogens with one attached hydrogen (secondary N) is 1. The van der Waals surface area contributed by atoms with Crippen LogP contribution in [0.5, 0.6) is 11.5 Å². The minimum absolute atomic E-state index is 0.00945. The molecule has 0 saturated carbocycles. The number of carbonyl (C=O) groups is 1. The predicted octanol–water partition coefficient (Wildman–Crippen LogP) is 3.88. The molecule has 0 unspecified atom stereocenters. The van der Waals surface area contributed by atoms with Crippen LogP contribution in [0.15, 0.2) is 93.6 Å². The third kappa shape index (κ3) is 5.04. The molecule has 0 fully saturated rings. The van der Waals surface area contributed by atoms with Gasteiger partial charge in [-0.2, -0.15) is 0 Å². The molecule has 1 heterocycles. The summed E-state index contributed by atoms with van der Waals surface area (Å²) in [4.78, 5) is 25.8. The highest BCUT2D eigenvalue weighted by atomic mass is 32.2. The highest BCUT2D eigenvalue weighted by Crippen LogP contribution is 2.24. The zero-order valence-corrected chi connectivity index (χ0v) is 20.0. The number of hydrogen-bond donors (Lipinski definition) is 1. The van der Waals surface area contributed by atoms with Gasteiger partial charge >= 0.3 is 0 Å². The summed E-state index contributed by atoms with van der Waals surface area (Å²) in [5.74, 6) is 0.607. The molecular weight excluding hydrogens is 468 g/mol. The van der Waals surface area contributed by atoms with Gasteiger partial charge < -0.3 is 19.4 Å². The van der Waals surface area contributed by atoms with E-state index in [2.05, 4.69) is 5.32 Å². The molecule has 0 bridgehead atoms. The van der Waals surface area contributed by atoms with Gasteiger partial charge in [0.05, 0.1) is 29.5 Å². The van der Waals surface area contributed by atoms with Crippen molar-refractivity contribution in [2.45, 2.75) is 23.3 Å². The van der Waals surface area contributed by atoms with Crippen molar-refractivity contribution in [3.63, 3.8) is 0 Å². The Balaban J connectivity index is 1.82. The maximum Gasteiger partial charge on any atom is 0.244 e. The fraction of sp³-hybridized carbons (Fsp3) is 0.154. The van der Waals surface area contributed by atoms with Crippen LogP contribution in [-0.4, -0.2) is 32.6 Å². The summed E-state index contributed by atoms with van der Waals surface area (Å²) in [7, 11) is -2.61. The number of ether oxygens (including phenoxy) is 2. The van der Waals surface area contributed by atoms with Crippen LogP contribution in [0.2, 0.25) is 0 Å². The van der Waals surface area contributed by atoms with Gasteiger partial charge in [-0.25, -0.2) is 8.42 Å². The largest absolute Gasteiger partial charge is 0.497 e. The first-order chi connectivity index (χ1) is 16.8. The zero-order valence-electron chi connectivity index (χ0n) is 19.2. The molecule has 0 spiro atoms. The number of rotatable bonds is 8. The first kappa shape index (κ1) is 24.0. The lowest BCUT2D eigenvalue weighted by Gasteiger charge is -2.15. The first-order valence-corrected chi connectivity index (χ1v) is 12.4. The maximum atomic E-state index is 13.3. The number of benzene rings is 3. The van der Waals surface area contributed by atoms with Crippen LogP contribution < -0.4 is 20.2 Å². The molecule has 35 heavy (non-hydrogen) atoms. The molecule has 3 aromatic carbocycles. The van der Waals surface area contributed by atoms with Crippen LogP contribution in [-0.2, 0) is 21.2 Å². The molecular formula is C26H24N2O6S. The van der Waals surface area contributed by atoms with Gasteiger partial charge in [0.25, 0.3) is 0 Å². The van der Waals surface area contributed by atoms with E-state index in [-0.39, 0.29) is 16.8 Å². The van der Waals surface area contributed by atoms with Gasteiger partial charge in [0.2, 0.25) is 21.2 Å². The number of sulfone groups is 1. The fourth-order valence-corrected chi connectivity index (χ4v) is 5.10. The summed E-state index contributed by atoms with van der Waals surface area (Å²) in [5.41, 5.74) is 0.275. The third-order valence-electron chi connectivity index (χ3n) is 5.34. The van der Waals surface area contributed by atoms with Crippen molar-refractivity contribution in [2.24, 2.45) is 0 Å². The number of nitrogens with zero attached hydrogens (tertiary/aromatic N) is 1. The molecule has 0 aliphatic heterocycles. The number of amides is 1. The molecule has 9 heteroatoms. The predicted molar refractivity (Wildman–Crippen MR) is 133 cm³/mol. The first-order valence-electron chi connectivity index (χ1n) is 10.9. The van der Waals surface area contributed by atoms with Gasteiger partial charge in [0, 0.05) is 18.0 Å². The highest BCUT2D eigenvalue weighted by molar-refractivity contribution is 7.91. The van der Waals surface area contributed by atoms with Crippen molar-refractivity contribution < 1.29 is 22.7 Å². The Labute approximate surface area is 202 Å². The summed E-state index contributed by atoms with van der Waals surface area (Å²) >= 11 is 0. The van der Waals surface area contributed by atoms with Crippen LogP contribution in [0.25, 0.3) is 10.9 Å². The quantitative estimate of drug-likeness (QED) is 0.400. The smallest absolute Gasteiger partial charge is 0.244 e. The number of pyridine rings is 1. The van der Waals surface area contributed by atoms with Crippen LogP contribution in [0, 0.1) is 0 Å². The normalized spacial score (nSPS) is 11.3. The van der Waals surface area contributed by atoms with Gasteiger partial charge in [-0.3, -0.25) is 9.59 Å². The minimum Gasteiger partial charge on any atom is -0.497 e. The Kier molecular flexibility index (Phi) is 6.88. The van der Waals surface area contributed by atoms with Crippen molar-refractivity contribution in [3.8, 4) is 11.5 Å². The summed E-state index contributed by atoms with van der Waals surface area (Å²) < 4.78 is 38.8. The Morgan fingerprint density at radius 3 is 2.46 bits per heavy atom. The second-order valence-corrected chi connectivity index (χ2v) is 9.58. The lowest BCUT2D eigenvalue weighted by molar-refractivity contribution is -0.116. The van der Waals surface area contributed by atoms with Gasteiger partial charge in [-0.1, -0.05) is 24.3 Å². The summed E-state index contributed by atoms with van der Waals surface area (Å²) in [6, 6.07) is 19.4. The van der Waals surface area contributed by atoms with Gasteiger partial charge in [0.15, 0.2) is 0 Å². The molecule has 1 aromatic heterocycles. The third-order valence-corrected chi connectivity index (χ3v) is 7.10. The lowest BCUT2D eigenvalue weighted by Crippen LogP contribution is -2.24. The molecule has 1 N–H and O–H groups in total. The maximum absolute atomic E-state index is 13.3.